The molecule has 1 heterocycles. The molecule has 0 saturated heterocycles. The van der Waals surface area contributed by atoms with Crippen LogP contribution >= 0.6 is 0 Å². The quantitative estimate of drug-likeness (QED) is 0.704. The molecule has 3 aromatic rings. The first kappa shape index (κ1) is 18.8. The molecule has 0 unspecified atom stereocenters. The minimum Gasteiger partial charge on any atom is -0.348 e. The normalized spacial score (nSPS) is 12.0. The maximum absolute atomic E-state index is 13.3. The molecule has 4 nitrogen and oxygen atoms in total. The van der Waals surface area contributed by atoms with Crippen molar-refractivity contribution in [3.05, 3.63) is 71.2 Å². The van der Waals surface area contributed by atoms with Gasteiger partial charge in [0.2, 0.25) is 0 Å². The zero-order chi connectivity index (χ0) is 19.6. The van der Waals surface area contributed by atoms with Gasteiger partial charge in [0.15, 0.2) is 0 Å². The van der Waals surface area contributed by atoms with Crippen molar-refractivity contribution < 1.29 is 9.18 Å². The van der Waals surface area contributed by atoms with Gasteiger partial charge >= 0.3 is 0 Å². The molecule has 3 rings (SSSR count). The Morgan fingerprint density at radius 3 is 2.52 bits per heavy atom. The van der Waals surface area contributed by atoms with Crippen molar-refractivity contribution in [2.45, 2.75) is 40.2 Å². The summed E-state index contributed by atoms with van der Waals surface area (Å²) in [6, 6.07) is 14.0. The highest BCUT2D eigenvalue weighted by Crippen LogP contribution is 2.24. The Bertz CT molecular complexity index is 960. The molecule has 140 valence electrons. The van der Waals surface area contributed by atoms with E-state index in [4.69, 9.17) is 0 Å². The topological polar surface area (TPSA) is 46.9 Å². The third-order valence-corrected chi connectivity index (χ3v) is 4.66. The number of hydrogen-bond acceptors (Lipinski definition) is 2. The van der Waals surface area contributed by atoms with Crippen LogP contribution in [-0.4, -0.2) is 21.7 Å². The van der Waals surface area contributed by atoms with Gasteiger partial charge in [-0.2, -0.15) is 5.10 Å². The second kappa shape index (κ2) is 7.74. The van der Waals surface area contributed by atoms with Crippen LogP contribution in [-0.2, 0) is 0 Å². The van der Waals surface area contributed by atoms with Gasteiger partial charge in [-0.1, -0.05) is 19.1 Å². The summed E-state index contributed by atoms with van der Waals surface area (Å²) in [6.07, 6.45) is 0.841. The van der Waals surface area contributed by atoms with Crippen LogP contribution in [0.15, 0.2) is 48.5 Å². The molecule has 0 saturated carbocycles. The third-order valence-electron chi connectivity index (χ3n) is 4.66. The van der Waals surface area contributed by atoms with Gasteiger partial charge in [0.1, 0.15) is 11.5 Å². The second-order valence-electron chi connectivity index (χ2n) is 6.91. The Morgan fingerprint density at radius 1 is 1.15 bits per heavy atom. The van der Waals surface area contributed by atoms with Crippen molar-refractivity contribution in [1.82, 2.24) is 15.1 Å². The largest absolute Gasteiger partial charge is 0.348 e. The van der Waals surface area contributed by atoms with E-state index in [0.717, 1.165) is 28.8 Å². The highest BCUT2D eigenvalue weighted by atomic mass is 19.1. The highest BCUT2D eigenvalue weighted by Gasteiger charge is 2.20. The summed E-state index contributed by atoms with van der Waals surface area (Å²) < 4.78 is 14.9. The SMILES string of the molecule is CC[C@@H](C)NC(=O)c1cc(-c2ccc(F)cc2)nn1-c1cc(C)ccc1C. The van der Waals surface area contributed by atoms with E-state index in [-0.39, 0.29) is 17.8 Å². The lowest BCUT2D eigenvalue weighted by molar-refractivity contribution is 0.0931. The summed E-state index contributed by atoms with van der Waals surface area (Å²) in [5.74, 6) is -0.478. The number of rotatable bonds is 5. The summed E-state index contributed by atoms with van der Waals surface area (Å²) in [7, 11) is 0. The monoisotopic (exact) mass is 365 g/mol. The first-order valence-corrected chi connectivity index (χ1v) is 9.13. The molecule has 0 spiro atoms. The Morgan fingerprint density at radius 2 is 1.85 bits per heavy atom. The van der Waals surface area contributed by atoms with Gasteiger partial charge < -0.3 is 5.32 Å². The van der Waals surface area contributed by atoms with Crippen LogP contribution in [0.5, 0.6) is 0 Å². The average molecular weight is 365 g/mol. The summed E-state index contributed by atoms with van der Waals surface area (Å²) in [5.41, 5.74) is 4.82. The number of benzene rings is 2. The number of carbonyl (C=O) groups excluding carboxylic acids is 1. The molecule has 27 heavy (non-hydrogen) atoms. The molecule has 1 amide bonds. The van der Waals surface area contributed by atoms with Crippen LogP contribution in [0.2, 0.25) is 0 Å². The van der Waals surface area contributed by atoms with Crippen LogP contribution in [0.25, 0.3) is 16.9 Å². The van der Waals surface area contributed by atoms with Crippen molar-refractivity contribution in [1.29, 1.82) is 0 Å². The second-order valence-corrected chi connectivity index (χ2v) is 6.91. The van der Waals surface area contributed by atoms with Crippen LogP contribution in [0, 0.1) is 19.7 Å². The van der Waals surface area contributed by atoms with E-state index in [1.165, 1.54) is 12.1 Å². The molecular weight excluding hydrogens is 341 g/mol. The molecular formula is C22H24FN3O. The molecule has 1 atom stereocenters. The molecule has 1 N–H and O–H groups in total. The van der Waals surface area contributed by atoms with Gasteiger partial charge in [-0.3, -0.25) is 4.79 Å². The molecule has 0 aliphatic carbocycles. The van der Waals surface area contributed by atoms with E-state index in [1.807, 2.05) is 45.9 Å². The van der Waals surface area contributed by atoms with Crippen molar-refractivity contribution in [2.75, 3.05) is 0 Å². The van der Waals surface area contributed by atoms with Gasteiger partial charge in [0, 0.05) is 11.6 Å². The standard InChI is InChI=1S/C22H24FN3O/c1-5-16(4)24-22(27)21-13-19(17-8-10-18(23)11-9-17)25-26(21)20-12-14(2)6-7-15(20)3/h6-13,16H,5H2,1-4H3,(H,24,27)/t16-/m1/s1. The van der Waals surface area contributed by atoms with E-state index in [2.05, 4.69) is 10.4 Å². The molecule has 0 aliphatic heterocycles. The average Bonchev–Trinajstić information content (AvgIpc) is 3.09. The number of aryl methyl sites for hydroxylation is 2. The van der Waals surface area contributed by atoms with Crippen molar-refractivity contribution >= 4 is 5.91 Å². The molecule has 0 radical (unpaired) electrons. The van der Waals surface area contributed by atoms with Gasteiger partial charge in [-0.25, -0.2) is 9.07 Å². The summed E-state index contributed by atoms with van der Waals surface area (Å²) in [5, 5.41) is 7.67. The number of nitrogens with one attached hydrogen (secondary N) is 1. The maximum Gasteiger partial charge on any atom is 0.270 e. The maximum atomic E-state index is 13.3. The lowest BCUT2D eigenvalue weighted by Gasteiger charge is -2.14. The highest BCUT2D eigenvalue weighted by molar-refractivity contribution is 5.94. The Balaban J connectivity index is 2.13. The van der Waals surface area contributed by atoms with Gasteiger partial charge in [0.25, 0.3) is 5.91 Å². The van der Waals surface area contributed by atoms with E-state index in [1.54, 1.807) is 22.9 Å². The summed E-state index contributed by atoms with van der Waals surface area (Å²) in [6.45, 7) is 7.99. The van der Waals surface area contributed by atoms with Crippen LogP contribution in [0.4, 0.5) is 4.39 Å². The Kier molecular flexibility index (Phi) is 5.40. The fourth-order valence-corrected chi connectivity index (χ4v) is 2.84. The number of hydrogen-bond donors (Lipinski definition) is 1. The molecule has 5 heteroatoms. The number of halogens is 1. The molecule has 0 aliphatic rings. The minimum absolute atomic E-state index is 0.0636. The Hall–Kier alpha value is -2.95. The number of carbonyl (C=O) groups is 1. The van der Waals surface area contributed by atoms with Gasteiger partial charge in [0.05, 0.1) is 11.4 Å². The smallest absolute Gasteiger partial charge is 0.270 e. The number of amides is 1. The first-order valence-electron chi connectivity index (χ1n) is 9.13. The fourth-order valence-electron chi connectivity index (χ4n) is 2.84. The van der Waals surface area contributed by atoms with Crippen molar-refractivity contribution in [3.63, 3.8) is 0 Å². The third kappa shape index (κ3) is 4.08. The zero-order valence-electron chi connectivity index (χ0n) is 16.1. The molecule has 0 bridgehead atoms. The number of nitrogens with zero attached hydrogens (tertiary/aromatic N) is 2. The van der Waals surface area contributed by atoms with E-state index in [0.29, 0.717) is 11.4 Å². The minimum atomic E-state index is -0.303. The van der Waals surface area contributed by atoms with Crippen LogP contribution in [0.3, 0.4) is 0 Å². The molecule has 2 aromatic carbocycles. The fraction of sp³-hybridized carbons (Fsp3) is 0.273. The van der Waals surface area contributed by atoms with Crippen molar-refractivity contribution in [2.24, 2.45) is 0 Å². The van der Waals surface area contributed by atoms with E-state index in [9.17, 15) is 9.18 Å². The lowest BCUT2D eigenvalue weighted by Crippen LogP contribution is -2.33. The summed E-state index contributed by atoms with van der Waals surface area (Å²) >= 11 is 0. The predicted octanol–water partition coefficient (Wildman–Crippen LogP) is 4.82. The Labute approximate surface area is 159 Å². The predicted molar refractivity (Wildman–Crippen MR) is 106 cm³/mol. The summed E-state index contributed by atoms with van der Waals surface area (Å²) in [4.78, 5) is 12.9. The lowest BCUT2D eigenvalue weighted by atomic mass is 10.1. The zero-order valence-corrected chi connectivity index (χ0v) is 16.1. The van der Waals surface area contributed by atoms with Gasteiger partial charge in [-0.15, -0.1) is 0 Å². The van der Waals surface area contributed by atoms with E-state index < -0.39 is 0 Å². The van der Waals surface area contributed by atoms with Gasteiger partial charge in [-0.05, 0) is 74.7 Å². The van der Waals surface area contributed by atoms with Crippen LogP contribution < -0.4 is 5.32 Å². The first-order chi connectivity index (χ1) is 12.9. The number of aromatic nitrogens is 2. The molecule has 1 aromatic heterocycles. The van der Waals surface area contributed by atoms with E-state index >= 15 is 0 Å². The van der Waals surface area contributed by atoms with Crippen molar-refractivity contribution in [3.8, 4) is 16.9 Å². The van der Waals surface area contributed by atoms with Crippen LogP contribution in [0.1, 0.15) is 41.9 Å². The molecule has 0 fully saturated rings.